The first kappa shape index (κ1) is 16.9. The molecule has 118 valence electrons. The molecule has 0 fully saturated rings. The van der Waals surface area contributed by atoms with Gasteiger partial charge < -0.3 is 15.4 Å². The normalized spacial score (nSPS) is 17.8. The number of rotatable bonds is 5. The maximum absolute atomic E-state index is 12.1. The molecule has 0 saturated heterocycles. The van der Waals surface area contributed by atoms with Crippen LogP contribution in [0.3, 0.4) is 0 Å². The summed E-state index contributed by atoms with van der Waals surface area (Å²) in [6.45, 7) is 3.83. The van der Waals surface area contributed by atoms with Gasteiger partial charge in [-0.3, -0.25) is 0 Å². The van der Waals surface area contributed by atoms with Gasteiger partial charge in [-0.1, -0.05) is 15.9 Å². The summed E-state index contributed by atoms with van der Waals surface area (Å²) in [6, 6.07) is 7.19. The third kappa shape index (κ3) is 4.27. The number of esters is 1. The summed E-state index contributed by atoms with van der Waals surface area (Å²) in [5.41, 5.74) is 1.08. The Balaban J connectivity index is 2.18. The van der Waals surface area contributed by atoms with E-state index in [1.165, 1.54) is 0 Å². The fourth-order valence-electron chi connectivity index (χ4n) is 2.08. The van der Waals surface area contributed by atoms with Gasteiger partial charge in [0.15, 0.2) is 0 Å². The van der Waals surface area contributed by atoms with E-state index in [1.54, 1.807) is 25.6 Å². The molecule has 1 heterocycles. The summed E-state index contributed by atoms with van der Waals surface area (Å²) in [5.74, 6) is 0.0991. The molecular formula is C15H17BrN2O3S. The number of urea groups is 1. The Labute approximate surface area is 142 Å². The molecule has 2 rings (SSSR count). The molecule has 0 aliphatic carbocycles. The van der Waals surface area contributed by atoms with Crippen molar-refractivity contribution in [2.75, 3.05) is 12.4 Å². The second-order valence-corrected chi connectivity index (χ2v) is 6.64. The average Bonchev–Trinajstić information content (AvgIpc) is 2.46. The second kappa shape index (κ2) is 7.69. The monoisotopic (exact) mass is 384 g/mol. The van der Waals surface area contributed by atoms with Crippen LogP contribution in [-0.4, -0.2) is 30.4 Å². The number of thioether (sulfide) groups is 1. The fourth-order valence-corrected chi connectivity index (χ4v) is 3.21. The summed E-state index contributed by atoms with van der Waals surface area (Å²) >= 11 is 4.94. The molecule has 0 saturated carbocycles. The minimum atomic E-state index is -0.395. The van der Waals surface area contributed by atoms with Crippen LogP contribution in [0.5, 0.6) is 0 Å². The topological polar surface area (TPSA) is 67.4 Å². The van der Waals surface area contributed by atoms with Gasteiger partial charge in [0.25, 0.3) is 0 Å². The fraction of sp³-hybridized carbons (Fsp3) is 0.333. The van der Waals surface area contributed by atoms with E-state index in [1.807, 2.05) is 24.3 Å². The van der Waals surface area contributed by atoms with Crippen molar-refractivity contribution in [2.24, 2.45) is 0 Å². The maximum atomic E-state index is 12.1. The summed E-state index contributed by atoms with van der Waals surface area (Å²) in [4.78, 5) is 24.8. The average molecular weight is 385 g/mol. The highest BCUT2D eigenvalue weighted by molar-refractivity contribution is 9.10. The second-order valence-electron chi connectivity index (χ2n) is 4.68. The van der Waals surface area contributed by atoms with Crippen LogP contribution in [0, 0.1) is 0 Å². The molecule has 1 aromatic carbocycles. The van der Waals surface area contributed by atoms with Gasteiger partial charge in [0, 0.05) is 20.8 Å². The molecule has 0 bridgehead atoms. The third-order valence-electron chi connectivity index (χ3n) is 3.06. The lowest BCUT2D eigenvalue weighted by molar-refractivity contribution is -0.138. The molecule has 7 heteroatoms. The predicted molar refractivity (Wildman–Crippen MR) is 89.7 cm³/mol. The molecule has 0 spiro atoms. The van der Waals surface area contributed by atoms with Crippen molar-refractivity contribution < 1.29 is 14.3 Å². The van der Waals surface area contributed by atoms with Crippen molar-refractivity contribution in [3.8, 4) is 0 Å². The molecule has 2 N–H and O–H groups in total. The zero-order valence-corrected chi connectivity index (χ0v) is 14.7. The van der Waals surface area contributed by atoms with Gasteiger partial charge >= 0.3 is 12.0 Å². The highest BCUT2D eigenvalue weighted by Crippen LogP contribution is 2.25. The van der Waals surface area contributed by atoms with Crippen molar-refractivity contribution in [1.29, 1.82) is 0 Å². The Morgan fingerprint density at radius 3 is 2.68 bits per heavy atom. The Morgan fingerprint density at radius 2 is 2.05 bits per heavy atom. The van der Waals surface area contributed by atoms with Gasteiger partial charge in [0.05, 0.1) is 18.2 Å². The van der Waals surface area contributed by atoms with Crippen LogP contribution in [0.1, 0.15) is 13.8 Å². The minimum absolute atomic E-state index is 0.299. The van der Waals surface area contributed by atoms with E-state index in [0.717, 1.165) is 9.37 Å². The number of amides is 2. The van der Waals surface area contributed by atoms with E-state index in [4.69, 9.17) is 4.74 Å². The summed E-state index contributed by atoms with van der Waals surface area (Å²) in [7, 11) is 0. The van der Waals surface area contributed by atoms with Crippen molar-refractivity contribution in [3.63, 3.8) is 0 Å². The van der Waals surface area contributed by atoms with Gasteiger partial charge in [-0.15, -0.1) is 11.8 Å². The molecular weight excluding hydrogens is 368 g/mol. The smallest absolute Gasteiger partial charge is 0.337 e. The lowest BCUT2D eigenvalue weighted by atomic mass is 10.1. The summed E-state index contributed by atoms with van der Waals surface area (Å²) in [5, 5.41) is 5.40. The molecule has 1 aliphatic rings. The number of carbonyl (C=O) groups is 2. The Morgan fingerprint density at radius 1 is 1.36 bits per heavy atom. The molecule has 0 radical (unpaired) electrons. The first-order valence-corrected chi connectivity index (χ1v) is 8.65. The largest absolute Gasteiger partial charge is 0.463 e. The standard InChI is InChI=1S/C15H17BrN2O3S/c1-3-21-14(19)13-9(2)17-15(20)18-12(13)8-22-11-6-4-10(16)5-7-11/h4-7,9H,3,8H2,1-2H3,(H2,17,18,20). The number of ether oxygens (including phenoxy) is 1. The zero-order valence-electron chi connectivity index (χ0n) is 12.3. The van der Waals surface area contributed by atoms with Crippen LogP contribution < -0.4 is 10.6 Å². The first-order valence-electron chi connectivity index (χ1n) is 6.87. The number of benzene rings is 1. The van der Waals surface area contributed by atoms with Crippen LogP contribution >= 0.6 is 27.7 Å². The molecule has 1 aliphatic heterocycles. The quantitative estimate of drug-likeness (QED) is 0.604. The number of carbonyl (C=O) groups excluding carboxylic acids is 2. The Bertz CT molecular complexity index is 601. The van der Waals surface area contributed by atoms with E-state index in [0.29, 0.717) is 23.6 Å². The van der Waals surface area contributed by atoms with E-state index < -0.39 is 5.97 Å². The predicted octanol–water partition coefficient (Wildman–Crippen LogP) is 3.06. The van der Waals surface area contributed by atoms with Crippen molar-refractivity contribution in [1.82, 2.24) is 10.6 Å². The Hall–Kier alpha value is -1.47. The number of hydrogen-bond acceptors (Lipinski definition) is 4. The summed E-state index contributed by atoms with van der Waals surface area (Å²) in [6.07, 6.45) is 0. The molecule has 0 aromatic heterocycles. The first-order chi connectivity index (χ1) is 10.5. The summed E-state index contributed by atoms with van der Waals surface area (Å²) < 4.78 is 6.09. The van der Waals surface area contributed by atoms with Gasteiger partial charge in [0.1, 0.15) is 0 Å². The van der Waals surface area contributed by atoms with Crippen LogP contribution in [0.25, 0.3) is 0 Å². The van der Waals surface area contributed by atoms with Crippen LogP contribution in [0.4, 0.5) is 4.79 Å². The van der Waals surface area contributed by atoms with Crippen LogP contribution in [-0.2, 0) is 9.53 Å². The van der Waals surface area contributed by atoms with E-state index in [2.05, 4.69) is 26.6 Å². The van der Waals surface area contributed by atoms with Gasteiger partial charge in [-0.2, -0.15) is 0 Å². The zero-order chi connectivity index (χ0) is 16.1. The number of nitrogens with one attached hydrogen (secondary N) is 2. The van der Waals surface area contributed by atoms with Gasteiger partial charge in [0.2, 0.25) is 0 Å². The van der Waals surface area contributed by atoms with E-state index in [-0.39, 0.29) is 12.1 Å². The number of hydrogen-bond donors (Lipinski definition) is 2. The molecule has 1 unspecified atom stereocenters. The lowest BCUT2D eigenvalue weighted by Gasteiger charge is -2.26. The Kier molecular flexibility index (Phi) is 5.90. The van der Waals surface area contributed by atoms with E-state index in [9.17, 15) is 9.59 Å². The SMILES string of the molecule is CCOC(=O)C1=C(CSc2ccc(Br)cc2)NC(=O)NC1C. The van der Waals surface area contributed by atoms with Gasteiger partial charge in [-0.05, 0) is 38.1 Å². The molecule has 5 nitrogen and oxygen atoms in total. The number of halogens is 1. The van der Waals surface area contributed by atoms with Crippen LogP contribution in [0.15, 0.2) is 44.9 Å². The minimum Gasteiger partial charge on any atom is -0.463 e. The third-order valence-corrected chi connectivity index (χ3v) is 4.63. The van der Waals surface area contributed by atoms with Crippen molar-refractivity contribution in [3.05, 3.63) is 40.0 Å². The van der Waals surface area contributed by atoms with Crippen LogP contribution in [0.2, 0.25) is 0 Å². The highest BCUT2D eigenvalue weighted by atomic mass is 79.9. The van der Waals surface area contributed by atoms with Crippen molar-refractivity contribution in [2.45, 2.75) is 24.8 Å². The molecule has 1 aromatic rings. The van der Waals surface area contributed by atoms with Gasteiger partial charge in [-0.25, -0.2) is 9.59 Å². The molecule has 2 amide bonds. The van der Waals surface area contributed by atoms with Crippen molar-refractivity contribution >= 4 is 39.7 Å². The molecule has 22 heavy (non-hydrogen) atoms. The highest BCUT2D eigenvalue weighted by Gasteiger charge is 2.29. The van der Waals surface area contributed by atoms with E-state index >= 15 is 0 Å². The lowest BCUT2D eigenvalue weighted by Crippen LogP contribution is -2.49. The molecule has 1 atom stereocenters. The maximum Gasteiger partial charge on any atom is 0.337 e.